The Morgan fingerprint density at radius 3 is 1.47 bits per heavy atom. The van der Waals surface area contributed by atoms with E-state index in [4.69, 9.17) is 35.3 Å². The van der Waals surface area contributed by atoms with E-state index in [1.807, 2.05) is 0 Å². The maximum absolute atomic E-state index is 10.2. The van der Waals surface area contributed by atoms with Gasteiger partial charge in [-0.1, -0.05) is 0 Å². The van der Waals surface area contributed by atoms with Crippen LogP contribution in [0.4, 0.5) is 0 Å². The Labute approximate surface area is 94.5 Å². The van der Waals surface area contributed by atoms with Crippen LogP contribution in [-0.2, 0) is 19.2 Å². The van der Waals surface area contributed by atoms with Crippen molar-refractivity contribution in [3.8, 4) is 6.07 Å². The molecule has 0 atom stereocenters. The Hall–Kier alpha value is -2.63. The summed E-state index contributed by atoms with van der Waals surface area (Å²) < 4.78 is 0. The molecule has 9 nitrogen and oxygen atoms in total. The van der Waals surface area contributed by atoms with E-state index in [9.17, 15) is 9.59 Å². The summed E-state index contributed by atoms with van der Waals surface area (Å²) in [7, 11) is 0. The van der Waals surface area contributed by atoms with Crippen molar-refractivity contribution in [1.82, 2.24) is 0 Å². The van der Waals surface area contributed by atoms with Gasteiger partial charge in [-0.25, -0.2) is 9.59 Å². The summed E-state index contributed by atoms with van der Waals surface area (Å²) >= 11 is 0. The minimum Gasteiger partial charge on any atom is -0.481 e. The maximum atomic E-state index is 10.2. The molecule has 0 aliphatic rings. The number of hydrogen-bond acceptors (Lipinski definition) is 5. The van der Waals surface area contributed by atoms with Crippen LogP contribution < -0.4 is 0 Å². The molecule has 0 heterocycles. The van der Waals surface area contributed by atoms with Gasteiger partial charge in [-0.15, -0.1) is 0 Å². The summed E-state index contributed by atoms with van der Waals surface area (Å²) in [5.41, 5.74) is 0. The first-order chi connectivity index (χ1) is 7.73. The van der Waals surface area contributed by atoms with Gasteiger partial charge in [0.05, 0.1) is 6.07 Å². The normalized spacial score (nSPS) is 8.47. The van der Waals surface area contributed by atoms with E-state index in [-0.39, 0.29) is 12.8 Å². The van der Waals surface area contributed by atoms with Gasteiger partial charge in [0.25, 0.3) is 0 Å². The number of carbonyl (C=O) groups is 4. The van der Waals surface area contributed by atoms with E-state index in [1.165, 1.54) is 0 Å². The average molecular weight is 247 g/mol. The summed E-state index contributed by atoms with van der Waals surface area (Å²) in [5, 5.41) is 39.4. The maximum Gasteiger partial charge on any atom is 0.414 e. The molecule has 4 N–H and O–H groups in total. The van der Waals surface area contributed by atoms with Crippen molar-refractivity contribution < 1.29 is 39.6 Å². The summed E-state index contributed by atoms with van der Waals surface area (Å²) in [6, 6.07) is 1.68. The molecule has 17 heavy (non-hydrogen) atoms. The van der Waals surface area contributed by atoms with Crippen molar-refractivity contribution in [2.45, 2.75) is 12.8 Å². The topological polar surface area (TPSA) is 173 Å². The van der Waals surface area contributed by atoms with E-state index in [0.717, 1.165) is 0 Å². The lowest BCUT2D eigenvalue weighted by atomic mass is 10.1. The predicted octanol–water partition coefficient (Wildman–Crippen LogP) is -0.769. The van der Waals surface area contributed by atoms with Crippen molar-refractivity contribution in [3.63, 3.8) is 0 Å². The first-order valence-corrected chi connectivity index (χ1v) is 4.02. The number of aliphatic carboxylic acids is 4. The van der Waals surface area contributed by atoms with Gasteiger partial charge in [0, 0.05) is 6.42 Å². The van der Waals surface area contributed by atoms with Crippen LogP contribution in [0.15, 0.2) is 0 Å². The third kappa shape index (κ3) is 9.67. The van der Waals surface area contributed by atoms with Gasteiger partial charge in [0.1, 0.15) is 0 Å². The van der Waals surface area contributed by atoms with Gasteiger partial charge in [-0.3, -0.25) is 9.59 Å². The lowest BCUT2D eigenvalue weighted by Gasteiger charge is -2.02. The van der Waals surface area contributed by atoms with Crippen LogP contribution in [0.5, 0.6) is 0 Å². The van der Waals surface area contributed by atoms with Gasteiger partial charge in [-0.2, -0.15) is 5.26 Å². The quantitative estimate of drug-likeness (QED) is 0.367. The molecule has 0 saturated carbocycles. The Balaban J connectivity index is 0. The highest BCUT2D eigenvalue weighted by molar-refractivity contribution is 6.27. The molecule has 0 radical (unpaired) electrons. The Morgan fingerprint density at radius 1 is 0.941 bits per heavy atom. The molecule has 0 aromatic carbocycles. The van der Waals surface area contributed by atoms with Crippen molar-refractivity contribution in [2.75, 3.05) is 0 Å². The first-order valence-electron chi connectivity index (χ1n) is 4.02. The second-order valence-electron chi connectivity index (χ2n) is 2.54. The van der Waals surface area contributed by atoms with Crippen LogP contribution >= 0.6 is 0 Å². The Kier molecular flexibility index (Phi) is 8.55. The number of hydrogen-bond donors (Lipinski definition) is 4. The van der Waals surface area contributed by atoms with Gasteiger partial charge >= 0.3 is 23.9 Å². The van der Waals surface area contributed by atoms with E-state index >= 15 is 0 Å². The van der Waals surface area contributed by atoms with Crippen molar-refractivity contribution in [1.29, 1.82) is 5.26 Å². The molecule has 0 spiro atoms. The molecule has 0 fully saturated rings. The molecule has 0 aromatic heterocycles. The molecular formula is C8H9NO8. The van der Waals surface area contributed by atoms with Crippen LogP contribution in [0.3, 0.4) is 0 Å². The third-order valence-electron chi connectivity index (χ3n) is 1.32. The highest BCUT2D eigenvalue weighted by atomic mass is 16.4. The van der Waals surface area contributed by atoms with Gasteiger partial charge < -0.3 is 20.4 Å². The number of nitrogens with zero attached hydrogens (tertiary/aromatic N) is 1. The fourth-order valence-electron chi connectivity index (χ4n) is 0.561. The fourth-order valence-corrected chi connectivity index (χ4v) is 0.561. The fraction of sp³-hybridized carbons (Fsp3) is 0.375. The number of rotatable bonds is 4. The standard InChI is InChI=1S/C6H7NO4.C2H2O4/c7-3-1-2-4(5(8)9)6(10)11;3-1(4)2(5)6/h4H,1-2H2,(H,8,9)(H,10,11);(H,3,4)(H,5,6). The molecule has 0 aliphatic carbocycles. The molecule has 0 amide bonds. The number of carboxylic acid groups (broad SMARTS) is 4. The second kappa shape index (κ2) is 8.66. The smallest absolute Gasteiger partial charge is 0.414 e. The summed E-state index contributed by atoms with van der Waals surface area (Å²) in [4.78, 5) is 38.5. The predicted molar refractivity (Wildman–Crippen MR) is 48.9 cm³/mol. The van der Waals surface area contributed by atoms with Crippen LogP contribution in [-0.4, -0.2) is 44.3 Å². The van der Waals surface area contributed by atoms with E-state index in [1.54, 1.807) is 6.07 Å². The summed E-state index contributed by atoms with van der Waals surface area (Å²) in [5.74, 6) is -7.89. The summed E-state index contributed by atoms with van der Waals surface area (Å²) in [6.45, 7) is 0. The molecule has 0 unspecified atom stereocenters. The summed E-state index contributed by atoms with van der Waals surface area (Å²) in [6.07, 6.45) is -0.190. The molecule has 0 aromatic rings. The average Bonchev–Trinajstić information content (AvgIpc) is 2.17. The van der Waals surface area contributed by atoms with E-state index < -0.39 is 29.8 Å². The van der Waals surface area contributed by atoms with Gasteiger partial charge in [0.15, 0.2) is 5.92 Å². The molecule has 94 valence electrons. The zero-order valence-electron chi connectivity index (χ0n) is 8.36. The molecule has 0 rings (SSSR count). The monoisotopic (exact) mass is 247 g/mol. The van der Waals surface area contributed by atoms with Crippen LogP contribution in [0.1, 0.15) is 12.8 Å². The highest BCUT2D eigenvalue weighted by Gasteiger charge is 2.24. The third-order valence-corrected chi connectivity index (χ3v) is 1.32. The first kappa shape index (κ1) is 16.8. The second-order valence-corrected chi connectivity index (χ2v) is 2.54. The van der Waals surface area contributed by atoms with Crippen LogP contribution in [0, 0.1) is 17.2 Å². The molecular weight excluding hydrogens is 238 g/mol. The van der Waals surface area contributed by atoms with Crippen molar-refractivity contribution in [2.24, 2.45) is 5.92 Å². The lowest BCUT2D eigenvalue weighted by Crippen LogP contribution is -2.22. The minimum absolute atomic E-state index is 0.0523. The largest absolute Gasteiger partial charge is 0.481 e. The zero-order valence-corrected chi connectivity index (χ0v) is 8.36. The van der Waals surface area contributed by atoms with Crippen molar-refractivity contribution in [3.05, 3.63) is 0 Å². The SMILES string of the molecule is N#CCCC(C(=O)O)C(=O)O.O=C(O)C(=O)O. The highest BCUT2D eigenvalue weighted by Crippen LogP contribution is 2.05. The molecule has 0 saturated heterocycles. The van der Waals surface area contributed by atoms with Crippen LogP contribution in [0.2, 0.25) is 0 Å². The van der Waals surface area contributed by atoms with E-state index in [2.05, 4.69) is 0 Å². The number of carboxylic acids is 4. The van der Waals surface area contributed by atoms with Gasteiger partial charge in [-0.05, 0) is 6.42 Å². The van der Waals surface area contributed by atoms with Gasteiger partial charge in [0.2, 0.25) is 0 Å². The van der Waals surface area contributed by atoms with Crippen LogP contribution in [0.25, 0.3) is 0 Å². The van der Waals surface area contributed by atoms with E-state index in [0.29, 0.717) is 0 Å². The number of nitriles is 1. The molecule has 0 bridgehead atoms. The lowest BCUT2D eigenvalue weighted by molar-refractivity contribution is -0.159. The van der Waals surface area contributed by atoms with Crippen molar-refractivity contribution >= 4 is 23.9 Å². The Bertz CT molecular complexity index is 329. The molecule has 9 heteroatoms. The minimum atomic E-state index is -1.82. The molecule has 0 aliphatic heterocycles. The Morgan fingerprint density at radius 2 is 1.29 bits per heavy atom. The zero-order chi connectivity index (χ0) is 14.0.